The molecule has 2 saturated heterocycles. The maximum Gasteiger partial charge on any atom is 0.317 e. The first-order valence-corrected chi connectivity index (χ1v) is 9.95. The largest absolute Gasteiger partial charge is 0.376 e. The van der Waals surface area contributed by atoms with Gasteiger partial charge in [-0.3, -0.25) is 4.79 Å². The number of piperidine rings is 1. The Morgan fingerprint density at radius 1 is 1.26 bits per heavy atom. The van der Waals surface area contributed by atoms with Crippen LogP contribution in [0.5, 0.6) is 0 Å². The van der Waals surface area contributed by atoms with Crippen LogP contribution in [0.4, 0.5) is 4.79 Å². The van der Waals surface area contributed by atoms with Crippen molar-refractivity contribution in [2.45, 2.75) is 52.2 Å². The Labute approximate surface area is 161 Å². The van der Waals surface area contributed by atoms with Crippen LogP contribution in [-0.4, -0.2) is 49.2 Å². The zero-order chi connectivity index (χ0) is 19.3. The van der Waals surface area contributed by atoms with Gasteiger partial charge in [0.15, 0.2) is 0 Å². The Balaban J connectivity index is 1.52. The molecule has 2 fully saturated rings. The van der Waals surface area contributed by atoms with E-state index in [4.69, 9.17) is 4.74 Å². The summed E-state index contributed by atoms with van der Waals surface area (Å²) in [5.41, 5.74) is 1.74. The van der Waals surface area contributed by atoms with Crippen LogP contribution in [0.1, 0.15) is 43.7 Å². The molecule has 6 nitrogen and oxygen atoms in total. The predicted molar refractivity (Wildman–Crippen MR) is 104 cm³/mol. The molecule has 2 N–H and O–H groups in total. The van der Waals surface area contributed by atoms with Crippen LogP contribution in [0, 0.1) is 12.3 Å². The van der Waals surface area contributed by atoms with Crippen LogP contribution in [-0.2, 0) is 16.1 Å². The Morgan fingerprint density at radius 3 is 2.81 bits per heavy atom. The molecule has 1 aromatic carbocycles. The van der Waals surface area contributed by atoms with Gasteiger partial charge in [-0.25, -0.2) is 4.79 Å². The third kappa shape index (κ3) is 5.01. The first-order chi connectivity index (χ1) is 13.0. The number of amides is 3. The number of benzene rings is 1. The van der Waals surface area contributed by atoms with Gasteiger partial charge in [0.1, 0.15) is 0 Å². The van der Waals surface area contributed by atoms with Crippen molar-refractivity contribution in [3.05, 3.63) is 35.4 Å². The lowest BCUT2D eigenvalue weighted by molar-refractivity contribution is -0.132. The molecule has 2 unspecified atom stereocenters. The minimum atomic E-state index is -0.553. The normalized spacial score (nSPS) is 25.3. The second kappa shape index (κ2) is 8.74. The number of hydrogen-bond acceptors (Lipinski definition) is 3. The quantitative estimate of drug-likeness (QED) is 0.833. The summed E-state index contributed by atoms with van der Waals surface area (Å²) in [6.07, 6.45) is 3.81. The van der Waals surface area contributed by atoms with Gasteiger partial charge in [0.05, 0.1) is 11.5 Å². The van der Waals surface area contributed by atoms with Crippen LogP contribution in [0.25, 0.3) is 0 Å². The second-order valence-corrected chi connectivity index (χ2v) is 8.02. The van der Waals surface area contributed by atoms with Gasteiger partial charge < -0.3 is 20.3 Å². The first-order valence-electron chi connectivity index (χ1n) is 9.95. The van der Waals surface area contributed by atoms with Gasteiger partial charge in [-0.1, -0.05) is 24.3 Å². The number of nitrogens with one attached hydrogen (secondary N) is 2. The third-order valence-electron chi connectivity index (χ3n) is 5.74. The maximum atomic E-state index is 12.9. The molecule has 0 aliphatic carbocycles. The molecular formula is C21H31N3O3. The lowest BCUT2D eigenvalue weighted by Gasteiger charge is -2.39. The Hall–Kier alpha value is -2.08. The molecular weight excluding hydrogens is 342 g/mol. The SMILES string of the molecule is Cc1ccccc1CNC(=O)C1(C)CCCN(C(=O)NCC2CCCO2)C1. The molecule has 0 bridgehead atoms. The zero-order valence-electron chi connectivity index (χ0n) is 16.4. The number of aryl methyl sites for hydroxylation is 1. The average Bonchev–Trinajstić information content (AvgIpc) is 3.19. The van der Waals surface area contributed by atoms with E-state index < -0.39 is 5.41 Å². The topological polar surface area (TPSA) is 70.7 Å². The van der Waals surface area contributed by atoms with E-state index in [9.17, 15) is 9.59 Å². The summed E-state index contributed by atoms with van der Waals surface area (Å²) < 4.78 is 5.56. The lowest BCUT2D eigenvalue weighted by Crippen LogP contribution is -2.54. The van der Waals surface area contributed by atoms with Gasteiger partial charge in [0, 0.05) is 32.8 Å². The Kier molecular flexibility index (Phi) is 6.37. The lowest BCUT2D eigenvalue weighted by atomic mass is 9.81. The second-order valence-electron chi connectivity index (χ2n) is 8.02. The fourth-order valence-corrected chi connectivity index (χ4v) is 3.91. The standard InChI is InChI=1S/C21H31N3O3/c1-16-7-3-4-8-17(16)13-22-19(25)21(2)10-6-11-24(15-21)20(26)23-14-18-9-5-12-27-18/h3-4,7-8,18H,5-6,9-15H2,1-2H3,(H,22,25)(H,23,26). The van der Waals surface area contributed by atoms with E-state index in [2.05, 4.69) is 10.6 Å². The fraction of sp³-hybridized carbons (Fsp3) is 0.619. The van der Waals surface area contributed by atoms with Crippen molar-refractivity contribution in [3.8, 4) is 0 Å². The van der Waals surface area contributed by atoms with Crippen LogP contribution < -0.4 is 10.6 Å². The summed E-state index contributed by atoms with van der Waals surface area (Å²) in [5, 5.41) is 6.04. The van der Waals surface area contributed by atoms with E-state index in [1.165, 1.54) is 5.56 Å². The molecule has 2 aliphatic rings. The summed E-state index contributed by atoms with van der Waals surface area (Å²) >= 11 is 0. The van der Waals surface area contributed by atoms with E-state index in [1.807, 2.05) is 38.1 Å². The van der Waals surface area contributed by atoms with Crippen LogP contribution >= 0.6 is 0 Å². The Bertz CT molecular complexity index is 672. The fourth-order valence-electron chi connectivity index (χ4n) is 3.91. The minimum absolute atomic E-state index is 0.0161. The summed E-state index contributed by atoms with van der Waals surface area (Å²) in [5.74, 6) is 0.0161. The van der Waals surface area contributed by atoms with Crippen molar-refractivity contribution in [1.29, 1.82) is 0 Å². The highest BCUT2D eigenvalue weighted by Crippen LogP contribution is 2.30. The molecule has 148 valence electrons. The number of nitrogens with zero attached hydrogens (tertiary/aromatic N) is 1. The summed E-state index contributed by atoms with van der Waals surface area (Å²) in [6.45, 7) is 6.99. The molecule has 3 amide bonds. The number of carbonyl (C=O) groups excluding carboxylic acids is 2. The van der Waals surface area contributed by atoms with E-state index in [0.29, 0.717) is 26.2 Å². The molecule has 0 radical (unpaired) electrons. The molecule has 2 atom stereocenters. The molecule has 1 aromatic rings. The number of hydrogen-bond donors (Lipinski definition) is 2. The monoisotopic (exact) mass is 373 g/mol. The van der Waals surface area contributed by atoms with Gasteiger partial charge in [0.2, 0.25) is 5.91 Å². The highest BCUT2D eigenvalue weighted by molar-refractivity contribution is 5.84. The molecule has 27 heavy (non-hydrogen) atoms. The van der Waals surface area contributed by atoms with Crippen molar-refractivity contribution in [2.75, 3.05) is 26.2 Å². The van der Waals surface area contributed by atoms with Gasteiger partial charge in [-0.05, 0) is 50.7 Å². The van der Waals surface area contributed by atoms with E-state index >= 15 is 0 Å². The van der Waals surface area contributed by atoms with Crippen molar-refractivity contribution in [1.82, 2.24) is 15.5 Å². The van der Waals surface area contributed by atoms with Crippen LogP contribution in [0.2, 0.25) is 0 Å². The minimum Gasteiger partial charge on any atom is -0.376 e. The molecule has 3 rings (SSSR count). The maximum absolute atomic E-state index is 12.9. The molecule has 2 heterocycles. The van der Waals surface area contributed by atoms with Crippen LogP contribution in [0.15, 0.2) is 24.3 Å². The van der Waals surface area contributed by atoms with Crippen molar-refractivity contribution >= 4 is 11.9 Å². The third-order valence-corrected chi connectivity index (χ3v) is 5.74. The van der Waals surface area contributed by atoms with Crippen molar-refractivity contribution < 1.29 is 14.3 Å². The highest BCUT2D eigenvalue weighted by Gasteiger charge is 2.39. The van der Waals surface area contributed by atoms with E-state index in [1.54, 1.807) is 4.90 Å². The number of urea groups is 1. The number of carbonyl (C=O) groups is 2. The molecule has 6 heteroatoms. The van der Waals surface area contributed by atoms with Gasteiger partial charge in [-0.2, -0.15) is 0 Å². The van der Waals surface area contributed by atoms with Gasteiger partial charge >= 0.3 is 6.03 Å². The van der Waals surface area contributed by atoms with Crippen molar-refractivity contribution in [3.63, 3.8) is 0 Å². The molecule has 2 aliphatic heterocycles. The summed E-state index contributed by atoms with van der Waals surface area (Å²) in [4.78, 5) is 27.1. The number of ether oxygens (including phenoxy) is 1. The van der Waals surface area contributed by atoms with Gasteiger partial charge in [-0.15, -0.1) is 0 Å². The van der Waals surface area contributed by atoms with E-state index in [-0.39, 0.29) is 18.0 Å². The smallest absolute Gasteiger partial charge is 0.317 e. The summed E-state index contributed by atoms with van der Waals surface area (Å²) in [7, 11) is 0. The molecule has 0 aromatic heterocycles. The molecule has 0 saturated carbocycles. The predicted octanol–water partition coefficient (Wildman–Crippen LogP) is 2.60. The van der Waals surface area contributed by atoms with E-state index in [0.717, 1.165) is 37.9 Å². The van der Waals surface area contributed by atoms with Crippen molar-refractivity contribution in [2.24, 2.45) is 5.41 Å². The highest BCUT2D eigenvalue weighted by atomic mass is 16.5. The average molecular weight is 373 g/mol. The number of rotatable bonds is 5. The number of likely N-dealkylation sites (tertiary alicyclic amines) is 1. The first kappa shape index (κ1) is 19.7. The van der Waals surface area contributed by atoms with Gasteiger partial charge in [0.25, 0.3) is 0 Å². The zero-order valence-corrected chi connectivity index (χ0v) is 16.4. The van der Waals surface area contributed by atoms with Crippen LogP contribution in [0.3, 0.4) is 0 Å². The Morgan fingerprint density at radius 2 is 2.07 bits per heavy atom. The summed E-state index contributed by atoms with van der Waals surface area (Å²) in [6, 6.07) is 7.96. The molecule has 0 spiro atoms.